The fourth-order valence-electron chi connectivity index (χ4n) is 3.72. The molecule has 0 aromatic heterocycles. The smallest absolute Gasteiger partial charge is 0.266 e. The van der Waals surface area contributed by atoms with Gasteiger partial charge in [0.1, 0.15) is 11.6 Å². The first-order valence-electron chi connectivity index (χ1n) is 9.85. The summed E-state index contributed by atoms with van der Waals surface area (Å²) >= 11 is 0. The third kappa shape index (κ3) is 4.09. The van der Waals surface area contributed by atoms with E-state index in [1.807, 2.05) is 49.4 Å². The fourth-order valence-corrected chi connectivity index (χ4v) is 3.72. The highest BCUT2D eigenvalue weighted by molar-refractivity contribution is 6.10. The van der Waals surface area contributed by atoms with Crippen molar-refractivity contribution >= 4 is 28.9 Å². The zero-order chi connectivity index (χ0) is 21.2. The summed E-state index contributed by atoms with van der Waals surface area (Å²) in [5.74, 6) is -0.392. The number of nitrogens with one attached hydrogen (secondary N) is 1. The maximum atomic E-state index is 12.7. The number of nitriles is 1. The first-order chi connectivity index (χ1) is 13.8. The summed E-state index contributed by atoms with van der Waals surface area (Å²) in [5, 5.41) is 12.4. The van der Waals surface area contributed by atoms with Gasteiger partial charge in [-0.25, -0.2) is 0 Å². The summed E-state index contributed by atoms with van der Waals surface area (Å²) in [4.78, 5) is 14.9. The van der Waals surface area contributed by atoms with Crippen LogP contribution in [0.5, 0.6) is 0 Å². The number of carbonyl (C=O) groups is 1. The van der Waals surface area contributed by atoms with E-state index in [9.17, 15) is 10.1 Å². The first kappa shape index (κ1) is 20.4. The topological polar surface area (TPSA) is 56.1 Å². The molecular formula is C25H27N3O. The summed E-state index contributed by atoms with van der Waals surface area (Å²) in [6, 6.07) is 15.7. The SMILES string of the molecule is CCc1ccccc1NC(=O)/C(C#N)=C/c1ccc2c(c1)C(C)=CC(C)(C)N2C. The molecule has 0 bridgehead atoms. The normalized spacial score (nSPS) is 15.2. The van der Waals surface area contributed by atoms with Gasteiger partial charge in [0.25, 0.3) is 5.91 Å². The fraction of sp³-hybridized carbons (Fsp3) is 0.280. The zero-order valence-electron chi connectivity index (χ0n) is 17.7. The molecule has 2 aromatic carbocycles. The van der Waals surface area contributed by atoms with Crippen LogP contribution in [0, 0.1) is 11.3 Å². The number of benzene rings is 2. The monoisotopic (exact) mass is 385 g/mol. The van der Waals surface area contributed by atoms with Crippen molar-refractivity contribution in [1.82, 2.24) is 0 Å². The molecule has 148 valence electrons. The van der Waals surface area contributed by atoms with E-state index in [1.165, 1.54) is 5.57 Å². The summed E-state index contributed by atoms with van der Waals surface area (Å²) < 4.78 is 0. The minimum atomic E-state index is -0.392. The van der Waals surface area contributed by atoms with Crippen molar-refractivity contribution in [3.8, 4) is 6.07 Å². The van der Waals surface area contributed by atoms with Gasteiger partial charge in [-0.05, 0) is 68.2 Å². The van der Waals surface area contributed by atoms with Gasteiger partial charge in [0, 0.05) is 24.0 Å². The van der Waals surface area contributed by atoms with Crippen molar-refractivity contribution in [2.24, 2.45) is 0 Å². The van der Waals surface area contributed by atoms with Gasteiger partial charge in [0.2, 0.25) is 0 Å². The van der Waals surface area contributed by atoms with Crippen LogP contribution in [0.15, 0.2) is 54.1 Å². The molecule has 1 aliphatic rings. The van der Waals surface area contributed by atoms with E-state index in [-0.39, 0.29) is 11.1 Å². The van der Waals surface area contributed by atoms with Crippen LogP contribution < -0.4 is 10.2 Å². The molecule has 4 heteroatoms. The summed E-state index contributed by atoms with van der Waals surface area (Å²) in [6.07, 6.45) is 4.70. The second-order valence-electron chi connectivity index (χ2n) is 7.95. The number of para-hydroxylation sites is 1. The Hall–Kier alpha value is -3.32. The van der Waals surface area contributed by atoms with Gasteiger partial charge in [0.15, 0.2) is 0 Å². The van der Waals surface area contributed by atoms with Crippen molar-refractivity contribution in [2.45, 2.75) is 39.7 Å². The van der Waals surface area contributed by atoms with Gasteiger partial charge in [-0.2, -0.15) is 5.26 Å². The van der Waals surface area contributed by atoms with Gasteiger partial charge >= 0.3 is 0 Å². The number of amides is 1. The van der Waals surface area contributed by atoms with Crippen molar-refractivity contribution in [1.29, 1.82) is 5.26 Å². The Kier molecular flexibility index (Phi) is 5.61. The molecule has 1 N–H and O–H groups in total. The number of carbonyl (C=O) groups excluding carboxylic acids is 1. The Morgan fingerprint density at radius 1 is 1.24 bits per heavy atom. The van der Waals surface area contributed by atoms with Crippen LogP contribution in [-0.4, -0.2) is 18.5 Å². The molecule has 0 unspecified atom stereocenters. The molecule has 0 radical (unpaired) electrons. The van der Waals surface area contributed by atoms with Crippen molar-refractivity contribution in [2.75, 3.05) is 17.3 Å². The Bertz CT molecular complexity index is 1050. The van der Waals surface area contributed by atoms with Crippen LogP contribution in [0.4, 0.5) is 11.4 Å². The average molecular weight is 386 g/mol. The number of fused-ring (bicyclic) bond motifs is 1. The second-order valence-corrected chi connectivity index (χ2v) is 7.95. The zero-order valence-corrected chi connectivity index (χ0v) is 17.7. The molecule has 1 aliphatic heterocycles. The number of allylic oxidation sites excluding steroid dienone is 1. The van der Waals surface area contributed by atoms with E-state index in [1.54, 1.807) is 6.08 Å². The van der Waals surface area contributed by atoms with Crippen LogP contribution in [0.25, 0.3) is 11.6 Å². The molecule has 0 fully saturated rings. The van der Waals surface area contributed by atoms with E-state index in [0.717, 1.165) is 34.5 Å². The second kappa shape index (κ2) is 7.97. The summed E-state index contributed by atoms with van der Waals surface area (Å²) in [5.41, 5.74) is 6.10. The number of aryl methyl sites for hydroxylation is 1. The summed E-state index contributed by atoms with van der Waals surface area (Å²) in [7, 11) is 2.08. The lowest BCUT2D eigenvalue weighted by molar-refractivity contribution is -0.112. The predicted octanol–water partition coefficient (Wildman–Crippen LogP) is 5.43. The van der Waals surface area contributed by atoms with Gasteiger partial charge in [0.05, 0.1) is 5.54 Å². The Morgan fingerprint density at radius 2 is 1.97 bits per heavy atom. The maximum absolute atomic E-state index is 12.7. The Labute approximate surface area is 173 Å². The average Bonchev–Trinajstić information content (AvgIpc) is 2.70. The van der Waals surface area contributed by atoms with Crippen LogP contribution in [-0.2, 0) is 11.2 Å². The molecule has 4 nitrogen and oxygen atoms in total. The molecule has 0 saturated heterocycles. The number of hydrogen-bond acceptors (Lipinski definition) is 3. The lowest BCUT2D eigenvalue weighted by Gasteiger charge is -2.40. The highest BCUT2D eigenvalue weighted by Crippen LogP contribution is 2.38. The van der Waals surface area contributed by atoms with Crippen LogP contribution in [0.3, 0.4) is 0 Å². The summed E-state index contributed by atoms with van der Waals surface area (Å²) in [6.45, 7) is 8.49. The van der Waals surface area contributed by atoms with E-state index in [2.05, 4.69) is 50.2 Å². The molecule has 0 saturated carbocycles. The van der Waals surface area contributed by atoms with E-state index in [0.29, 0.717) is 0 Å². The molecule has 0 aliphatic carbocycles. The molecular weight excluding hydrogens is 358 g/mol. The van der Waals surface area contributed by atoms with Crippen LogP contribution in [0.2, 0.25) is 0 Å². The van der Waals surface area contributed by atoms with Crippen molar-refractivity contribution in [3.63, 3.8) is 0 Å². The number of nitrogens with zero attached hydrogens (tertiary/aromatic N) is 2. The molecule has 3 rings (SSSR count). The molecule has 29 heavy (non-hydrogen) atoms. The minimum Gasteiger partial charge on any atom is -0.366 e. The molecule has 0 atom stereocenters. The Morgan fingerprint density at radius 3 is 2.66 bits per heavy atom. The third-order valence-electron chi connectivity index (χ3n) is 5.56. The lowest BCUT2D eigenvalue weighted by Crippen LogP contribution is -2.42. The number of hydrogen-bond donors (Lipinski definition) is 1. The standard InChI is InChI=1S/C25H27N3O/c1-6-19-9-7-8-10-22(19)27-24(29)20(16-26)13-18-11-12-23-21(14-18)17(2)15-25(3,4)28(23)5/h7-15H,6H2,1-5H3,(H,27,29)/b20-13+. The van der Waals surface area contributed by atoms with E-state index in [4.69, 9.17) is 0 Å². The van der Waals surface area contributed by atoms with Crippen LogP contribution >= 0.6 is 0 Å². The number of anilines is 2. The number of likely N-dealkylation sites (N-methyl/N-ethyl adjacent to an activating group) is 1. The van der Waals surface area contributed by atoms with E-state index < -0.39 is 5.91 Å². The van der Waals surface area contributed by atoms with E-state index >= 15 is 0 Å². The Balaban J connectivity index is 1.92. The number of rotatable bonds is 4. The van der Waals surface area contributed by atoms with Crippen LogP contribution in [0.1, 0.15) is 44.4 Å². The highest BCUT2D eigenvalue weighted by atomic mass is 16.1. The van der Waals surface area contributed by atoms with Crippen molar-refractivity contribution in [3.05, 3.63) is 70.8 Å². The minimum absolute atomic E-state index is 0.0567. The lowest BCUT2D eigenvalue weighted by atomic mass is 9.88. The van der Waals surface area contributed by atoms with Gasteiger partial charge in [-0.15, -0.1) is 0 Å². The van der Waals surface area contributed by atoms with Crippen molar-refractivity contribution < 1.29 is 4.79 Å². The molecule has 0 spiro atoms. The van der Waals surface area contributed by atoms with Gasteiger partial charge in [-0.1, -0.05) is 37.3 Å². The largest absolute Gasteiger partial charge is 0.366 e. The predicted molar refractivity (Wildman–Crippen MR) is 121 cm³/mol. The maximum Gasteiger partial charge on any atom is 0.266 e. The van der Waals surface area contributed by atoms with Gasteiger partial charge < -0.3 is 10.2 Å². The quantitative estimate of drug-likeness (QED) is 0.564. The van der Waals surface area contributed by atoms with Gasteiger partial charge in [-0.3, -0.25) is 4.79 Å². The third-order valence-corrected chi connectivity index (χ3v) is 5.56. The molecule has 1 heterocycles. The first-order valence-corrected chi connectivity index (χ1v) is 9.85. The molecule has 2 aromatic rings. The highest BCUT2D eigenvalue weighted by Gasteiger charge is 2.28. The molecule has 1 amide bonds.